The highest BCUT2D eigenvalue weighted by atomic mass is 16.3. The van der Waals surface area contributed by atoms with Gasteiger partial charge >= 0.3 is 0 Å². The number of aliphatic hydroxyl groups is 1. The summed E-state index contributed by atoms with van der Waals surface area (Å²) in [6.45, 7) is 7.38. The summed E-state index contributed by atoms with van der Waals surface area (Å²) in [7, 11) is 0. The smallest absolute Gasteiger partial charge is 0.225 e. The summed E-state index contributed by atoms with van der Waals surface area (Å²) in [5.74, 6) is 0.706. The molecule has 0 aromatic heterocycles. The minimum Gasteiger partial charge on any atom is -0.391 e. The molecule has 0 aromatic rings. The van der Waals surface area contributed by atoms with Crippen LogP contribution in [0.2, 0.25) is 0 Å². The zero-order valence-electron chi connectivity index (χ0n) is 9.36. The first-order valence-electron chi connectivity index (χ1n) is 5.51. The number of hydrogen-bond acceptors (Lipinski definition) is 2. The van der Waals surface area contributed by atoms with Gasteiger partial charge in [-0.3, -0.25) is 4.79 Å². The summed E-state index contributed by atoms with van der Waals surface area (Å²) in [5, 5.41) is 9.56. The number of nitrogens with zero attached hydrogens (tertiary/aromatic N) is 1. The van der Waals surface area contributed by atoms with Gasteiger partial charge in [-0.15, -0.1) is 0 Å². The molecule has 1 unspecified atom stereocenters. The van der Waals surface area contributed by atoms with E-state index in [4.69, 9.17) is 0 Å². The van der Waals surface area contributed by atoms with Crippen LogP contribution in [0.4, 0.5) is 0 Å². The molecule has 1 rings (SSSR count). The first kappa shape index (κ1) is 11.5. The van der Waals surface area contributed by atoms with Gasteiger partial charge in [0.2, 0.25) is 5.91 Å². The molecule has 14 heavy (non-hydrogen) atoms. The van der Waals surface area contributed by atoms with Gasteiger partial charge in [-0.2, -0.15) is 0 Å². The maximum absolute atomic E-state index is 11.8. The highest BCUT2D eigenvalue weighted by molar-refractivity contribution is 5.78. The van der Waals surface area contributed by atoms with Crippen molar-refractivity contribution in [3.05, 3.63) is 0 Å². The number of carbonyl (C=O) groups excluding carboxylic acids is 1. The van der Waals surface area contributed by atoms with Gasteiger partial charge in [0.25, 0.3) is 0 Å². The quantitative estimate of drug-likeness (QED) is 0.727. The Morgan fingerprint density at radius 1 is 1.57 bits per heavy atom. The fraction of sp³-hybridized carbons (Fsp3) is 0.909. The second-order valence-corrected chi connectivity index (χ2v) is 4.55. The van der Waals surface area contributed by atoms with Crippen LogP contribution in [0.5, 0.6) is 0 Å². The molecule has 0 bridgehead atoms. The molecule has 0 radical (unpaired) electrons. The molecule has 1 fully saturated rings. The third-order valence-corrected chi connectivity index (χ3v) is 2.98. The van der Waals surface area contributed by atoms with Crippen LogP contribution in [-0.4, -0.2) is 35.1 Å². The van der Waals surface area contributed by atoms with E-state index in [1.165, 1.54) is 0 Å². The van der Waals surface area contributed by atoms with Crippen molar-refractivity contribution in [2.75, 3.05) is 13.1 Å². The van der Waals surface area contributed by atoms with Crippen LogP contribution in [0.1, 0.15) is 33.6 Å². The maximum atomic E-state index is 11.8. The van der Waals surface area contributed by atoms with Crippen LogP contribution in [0.15, 0.2) is 0 Å². The number of β-amino-alcohol motifs (C(OH)–C–C–N with tert-alkyl or cyclic N) is 1. The summed E-state index contributed by atoms with van der Waals surface area (Å²) >= 11 is 0. The zero-order chi connectivity index (χ0) is 10.7. The number of amides is 1. The molecule has 1 N–H and O–H groups in total. The molecular formula is C11H21NO2. The number of piperidine rings is 1. The highest BCUT2D eigenvalue weighted by Crippen LogP contribution is 2.18. The van der Waals surface area contributed by atoms with Crippen molar-refractivity contribution in [1.29, 1.82) is 0 Å². The molecule has 3 atom stereocenters. The Labute approximate surface area is 86.1 Å². The number of hydrogen-bond donors (Lipinski definition) is 1. The summed E-state index contributed by atoms with van der Waals surface area (Å²) < 4.78 is 0. The first-order chi connectivity index (χ1) is 6.54. The number of carbonyl (C=O) groups is 1. The Kier molecular flexibility index (Phi) is 3.93. The van der Waals surface area contributed by atoms with Gasteiger partial charge in [-0.05, 0) is 18.8 Å². The van der Waals surface area contributed by atoms with E-state index in [0.717, 1.165) is 19.4 Å². The SMILES string of the molecule is CCC(C)C(=O)N1C[C@@H](C)C[C@@H](O)C1. The third-order valence-electron chi connectivity index (χ3n) is 2.98. The molecule has 3 nitrogen and oxygen atoms in total. The number of likely N-dealkylation sites (tertiary alicyclic amines) is 1. The summed E-state index contributed by atoms with van der Waals surface area (Å²) in [5.41, 5.74) is 0. The Bertz CT molecular complexity index is 195. The van der Waals surface area contributed by atoms with Crippen LogP contribution in [0.3, 0.4) is 0 Å². The molecule has 0 saturated carbocycles. The second-order valence-electron chi connectivity index (χ2n) is 4.55. The number of aliphatic hydroxyl groups excluding tert-OH is 1. The molecule has 82 valence electrons. The van der Waals surface area contributed by atoms with Crippen molar-refractivity contribution in [1.82, 2.24) is 4.90 Å². The van der Waals surface area contributed by atoms with Crippen LogP contribution < -0.4 is 0 Å². The monoisotopic (exact) mass is 199 g/mol. The van der Waals surface area contributed by atoms with Crippen molar-refractivity contribution in [2.24, 2.45) is 11.8 Å². The third kappa shape index (κ3) is 2.71. The predicted molar refractivity (Wildman–Crippen MR) is 55.8 cm³/mol. The van der Waals surface area contributed by atoms with E-state index < -0.39 is 0 Å². The van der Waals surface area contributed by atoms with E-state index in [1.54, 1.807) is 0 Å². The Morgan fingerprint density at radius 3 is 2.71 bits per heavy atom. The van der Waals surface area contributed by atoms with E-state index in [-0.39, 0.29) is 17.9 Å². The van der Waals surface area contributed by atoms with Gasteiger partial charge in [0.05, 0.1) is 6.10 Å². The normalized spacial score (nSPS) is 30.1. The molecule has 0 aliphatic carbocycles. The molecular weight excluding hydrogens is 178 g/mol. The minimum atomic E-state index is -0.327. The Hall–Kier alpha value is -0.570. The lowest BCUT2D eigenvalue weighted by molar-refractivity contribution is -0.139. The van der Waals surface area contributed by atoms with E-state index in [0.29, 0.717) is 12.5 Å². The fourth-order valence-corrected chi connectivity index (χ4v) is 1.98. The fourth-order valence-electron chi connectivity index (χ4n) is 1.98. The lowest BCUT2D eigenvalue weighted by atomic mass is 9.96. The van der Waals surface area contributed by atoms with E-state index in [1.807, 2.05) is 18.7 Å². The van der Waals surface area contributed by atoms with E-state index in [9.17, 15) is 9.90 Å². The van der Waals surface area contributed by atoms with E-state index >= 15 is 0 Å². The van der Waals surface area contributed by atoms with Crippen LogP contribution in [0.25, 0.3) is 0 Å². The average Bonchev–Trinajstić information content (AvgIpc) is 2.14. The van der Waals surface area contributed by atoms with Crippen molar-refractivity contribution in [3.63, 3.8) is 0 Å². The lowest BCUT2D eigenvalue weighted by Gasteiger charge is -2.35. The number of rotatable bonds is 2. The molecule has 1 amide bonds. The molecule has 3 heteroatoms. The van der Waals surface area contributed by atoms with Gasteiger partial charge < -0.3 is 10.0 Å². The Morgan fingerprint density at radius 2 is 2.21 bits per heavy atom. The molecule has 1 aliphatic rings. The van der Waals surface area contributed by atoms with Gasteiger partial charge in [0.15, 0.2) is 0 Å². The topological polar surface area (TPSA) is 40.5 Å². The van der Waals surface area contributed by atoms with Gasteiger partial charge in [-0.25, -0.2) is 0 Å². The maximum Gasteiger partial charge on any atom is 0.225 e. The van der Waals surface area contributed by atoms with Crippen molar-refractivity contribution < 1.29 is 9.90 Å². The second kappa shape index (κ2) is 4.78. The minimum absolute atomic E-state index is 0.0903. The largest absolute Gasteiger partial charge is 0.391 e. The summed E-state index contributed by atoms with van der Waals surface area (Å²) in [6.07, 6.45) is 1.37. The molecule has 1 saturated heterocycles. The van der Waals surface area contributed by atoms with Crippen molar-refractivity contribution in [2.45, 2.75) is 39.7 Å². The molecule has 0 aromatic carbocycles. The van der Waals surface area contributed by atoms with Crippen molar-refractivity contribution in [3.8, 4) is 0 Å². The van der Waals surface area contributed by atoms with Crippen LogP contribution in [-0.2, 0) is 4.79 Å². The summed E-state index contributed by atoms with van der Waals surface area (Å²) in [4.78, 5) is 13.6. The standard InChI is InChI=1S/C11H21NO2/c1-4-9(3)11(14)12-6-8(2)5-10(13)7-12/h8-10,13H,4-7H2,1-3H3/t8-,9?,10+/m0/s1. The average molecular weight is 199 g/mol. The highest BCUT2D eigenvalue weighted by Gasteiger charge is 2.28. The van der Waals surface area contributed by atoms with Gasteiger partial charge in [0.1, 0.15) is 0 Å². The molecule has 1 heterocycles. The Balaban J connectivity index is 2.54. The lowest BCUT2D eigenvalue weighted by Crippen LogP contribution is -2.47. The van der Waals surface area contributed by atoms with Crippen molar-refractivity contribution >= 4 is 5.91 Å². The predicted octanol–water partition coefficient (Wildman–Crippen LogP) is 1.26. The zero-order valence-corrected chi connectivity index (χ0v) is 9.36. The summed E-state index contributed by atoms with van der Waals surface area (Å²) in [6, 6.07) is 0. The van der Waals surface area contributed by atoms with Gasteiger partial charge in [0, 0.05) is 19.0 Å². The van der Waals surface area contributed by atoms with E-state index in [2.05, 4.69) is 6.92 Å². The molecule has 0 spiro atoms. The van der Waals surface area contributed by atoms with Gasteiger partial charge in [-0.1, -0.05) is 20.8 Å². The molecule has 1 aliphatic heterocycles. The van der Waals surface area contributed by atoms with Crippen LogP contribution >= 0.6 is 0 Å². The first-order valence-corrected chi connectivity index (χ1v) is 5.51. The van der Waals surface area contributed by atoms with Crippen LogP contribution in [0, 0.1) is 11.8 Å².